The molecule has 1 aliphatic rings. The van der Waals surface area contributed by atoms with Crippen LogP contribution in [0.1, 0.15) is 48.5 Å². The number of furan rings is 1. The Bertz CT molecular complexity index is 922. The molecule has 160 valence electrons. The first kappa shape index (κ1) is 21.8. The molecule has 1 amide bonds. The van der Waals surface area contributed by atoms with Gasteiger partial charge in [0.15, 0.2) is 11.5 Å². The van der Waals surface area contributed by atoms with E-state index in [2.05, 4.69) is 20.8 Å². The van der Waals surface area contributed by atoms with Crippen molar-refractivity contribution in [3.8, 4) is 0 Å². The first-order valence-electron chi connectivity index (χ1n) is 9.87. The van der Waals surface area contributed by atoms with Crippen LogP contribution >= 0.6 is 0 Å². The molecule has 7 nitrogen and oxygen atoms in total. The number of nitrogens with zero attached hydrogens (tertiary/aromatic N) is 1. The molecule has 2 aromatic rings. The maximum Gasteiger partial charge on any atom is 0.290 e. The van der Waals surface area contributed by atoms with E-state index in [0.29, 0.717) is 5.56 Å². The lowest BCUT2D eigenvalue weighted by Crippen LogP contribution is -2.34. The van der Waals surface area contributed by atoms with E-state index in [4.69, 9.17) is 14.3 Å². The molecule has 0 fully saturated rings. The van der Waals surface area contributed by atoms with Gasteiger partial charge in [-0.25, -0.2) is 0 Å². The quantitative estimate of drug-likeness (QED) is 0.509. The molecule has 0 saturated carbocycles. The number of hydrogen-bond donors (Lipinski definition) is 2. The Morgan fingerprint density at radius 3 is 2.43 bits per heavy atom. The molecule has 1 aliphatic heterocycles. The lowest BCUT2D eigenvalue weighted by atomic mass is 9.85. The fourth-order valence-corrected chi connectivity index (χ4v) is 3.50. The first-order valence-corrected chi connectivity index (χ1v) is 9.87. The molecule has 0 unspecified atom stereocenters. The van der Waals surface area contributed by atoms with Crippen molar-refractivity contribution in [3.05, 3.63) is 70.9 Å². The minimum Gasteiger partial charge on any atom is -0.503 e. The van der Waals surface area contributed by atoms with Crippen molar-refractivity contribution >= 4 is 11.7 Å². The number of ether oxygens (including phenoxy) is 1. The zero-order chi connectivity index (χ0) is 21.9. The maximum atomic E-state index is 13.0. The summed E-state index contributed by atoms with van der Waals surface area (Å²) in [6, 6.07) is 9.98. The number of amides is 1. The number of hydrogen-bond acceptors (Lipinski definition) is 6. The lowest BCUT2D eigenvalue weighted by Gasteiger charge is -2.27. The van der Waals surface area contributed by atoms with Crippen LogP contribution in [-0.4, -0.2) is 53.2 Å². The molecular weight excluding hydrogens is 386 g/mol. The Labute approximate surface area is 175 Å². The second-order valence-corrected chi connectivity index (χ2v) is 8.18. The fraction of sp³-hybridized carbons (Fsp3) is 0.391. The van der Waals surface area contributed by atoms with E-state index in [1.807, 2.05) is 24.3 Å². The summed E-state index contributed by atoms with van der Waals surface area (Å²) < 4.78 is 10.5. The highest BCUT2D eigenvalue weighted by Gasteiger charge is 2.44. The molecule has 30 heavy (non-hydrogen) atoms. The minimum absolute atomic E-state index is 0.0133. The van der Waals surface area contributed by atoms with Crippen molar-refractivity contribution in [1.82, 2.24) is 4.90 Å². The van der Waals surface area contributed by atoms with Gasteiger partial charge in [0.1, 0.15) is 0 Å². The molecule has 0 spiro atoms. The van der Waals surface area contributed by atoms with Crippen molar-refractivity contribution in [1.29, 1.82) is 0 Å². The third-order valence-corrected chi connectivity index (χ3v) is 5.10. The number of ketones is 1. The van der Waals surface area contributed by atoms with Crippen LogP contribution < -0.4 is 0 Å². The van der Waals surface area contributed by atoms with E-state index in [1.54, 1.807) is 6.07 Å². The largest absolute Gasteiger partial charge is 0.503 e. The lowest BCUT2D eigenvalue weighted by molar-refractivity contribution is -0.130. The van der Waals surface area contributed by atoms with E-state index >= 15 is 0 Å². The summed E-state index contributed by atoms with van der Waals surface area (Å²) in [7, 11) is 0. The molecule has 0 radical (unpaired) electrons. The van der Waals surface area contributed by atoms with Gasteiger partial charge in [-0.15, -0.1) is 0 Å². The van der Waals surface area contributed by atoms with Gasteiger partial charge in [-0.1, -0.05) is 45.0 Å². The number of carbonyl (C=O) groups excluding carboxylic acids is 2. The summed E-state index contributed by atoms with van der Waals surface area (Å²) in [5, 5.41) is 19.4. The van der Waals surface area contributed by atoms with E-state index in [0.717, 1.165) is 5.56 Å². The van der Waals surface area contributed by atoms with Crippen molar-refractivity contribution in [2.45, 2.75) is 32.2 Å². The normalized spacial score (nSPS) is 17.1. The zero-order valence-electron chi connectivity index (χ0n) is 17.4. The third-order valence-electron chi connectivity index (χ3n) is 5.10. The van der Waals surface area contributed by atoms with Gasteiger partial charge in [0, 0.05) is 6.54 Å². The third kappa shape index (κ3) is 4.32. The summed E-state index contributed by atoms with van der Waals surface area (Å²) in [5.41, 5.74) is 1.76. The predicted octanol–water partition coefficient (Wildman–Crippen LogP) is 3.16. The van der Waals surface area contributed by atoms with Gasteiger partial charge in [0.05, 0.1) is 37.7 Å². The number of aliphatic hydroxyl groups excluding tert-OH is 2. The van der Waals surface area contributed by atoms with E-state index in [-0.39, 0.29) is 43.1 Å². The number of benzene rings is 1. The van der Waals surface area contributed by atoms with Crippen LogP contribution in [0.4, 0.5) is 0 Å². The monoisotopic (exact) mass is 413 g/mol. The van der Waals surface area contributed by atoms with Crippen LogP contribution in [0.2, 0.25) is 0 Å². The zero-order valence-corrected chi connectivity index (χ0v) is 17.4. The number of Topliss-reactive ketones (excluding diaryl/α,β-unsaturated/α-hetero) is 1. The standard InChI is InChI=1S/C23H27NO6/c1-23(2,3)16-8-6-15(7-9-16)19-18(20(26)17-5-4-12-30-17)21(27)22(28)24(19)10-13-29-14-11-25/h4-9,12,19,25,27H,10-11,13-14H2,1-3H3/t19-/m0/s1. The molecular formula is C23H27NO6. The summed E-state index contributed by atoms with van der Waals surface area (Å²) in [5.74, 6) is -1.69. The van der Waals surface area contributed by atoms with Crippen LogP contribution in [0.5, 0.6) is 0 Å². The summed E-state index contributed by atoms with van der Waals surface area (Å²) >= 11 is 0. The second kappa shape index (κ2) is 8.85. The Kier molecular flexibility index (Phi) is 6.43. The Balaban J connectivity index is 1.98. The van der Waals surface area contributed by atoms with Gasteiger partial charge in [0.25, 0.3) is 5.91 Å². The van der Waals surface area contributed by atoms with Gasteiger partial charge in [0.2, 0.25) is 5.78 Å². The van der Waals surface area contributed by atoms with Crippen LogP contribution in [-0.2, 0) is 14.9 Å². The Hall–Kier alpha value is -2.90. The minimum atomic E-state index is -0.762. The number of carbonyl (C=O) groups is 2. The highest BCUT2D eigenvalue weighted by atomic mass is 16.5. The van der Waals surface area contributed by atoms with E-state index < -0.39 is 23.5 Å². The molecule has 3 rings (SSSR count). The van der Waals surface area contributed by atoms with Crippen molar-refractivity contribution in [3.63, 3.8) is 0 Å². The summed E-state index contributed by atoms with van der Waals surface area (Å²) in [4.78, 5) is 27.2. The van der Waals surface area contributed by atoms with E-state index in [9.17, 15) is 14.7 Å². The molecule has 2 heterocycles. The molecule has 7 heteroatoms. The fourth-order valence-electron chi connectivity index (χ4n) is 3.50. The molecule has 0 saturated heterocycles. The maximum absolute atomic E-state index is 13.0. The highest BCUT2D eigenvalue weighted by molar-refractivity contribution is 6.15. The Morgan fingerprint density at radius 2 is 1.87 bits per heavy atom. The summed E-state index contributed by atoms with van der Waals surface area (Å²) in [6.45, 7) is 6.64. The van der Waals surface area contributed by atoms with Gasteiger partial charge in [-0.3, -0.25) is 9.59 Å². The van der Waals surface area contributed by atoms with Gasteiger partial charge in [-0.2, -0.15) is 0 Å². The molecule has 0 aliphatic carbocycles. The predicted molar refractivity (Wildman–Crippen MR) is 110 cm³/mol. The van der Waals surface area contributed by atoms with Crippen LogP contribution in [0.25, 0.3) is 0 Å². The van der Waals surface area contributed by atoms with E-state index in [1.165, 1.54) is 17.2 Å². The highest BCUT2D eigenvalue weighted by Crippen LogP contribution is 2.39. The van der Waals surface area contributed by atoms with Gasteiger partial charge >= 0.3 is 0 Å². The SMILES string of the molecule is CC(C)(C)c1ccc([C@H]2C(C(=O)c3ccco3)=C(O)C(=O)N2CCOCCO)cc1. The summed E-state index contributed by atoms with van der Waals surface area (Å²) in [6.07, 6.45) is 1.37. The Morgan fingerprint density at radius 1 is 1.17 bits per heavy atom. The van der Waals surface area contributed by atoms with Gasteiger partial charge in [-0.05, 0) is 28.7 Å². The van der Waals surface area contributed by atoms with Gasteiger partial charge < -0.3 is 24.3 Å². The smallest absolute Gasteiger partial charge is 0.290 e. The number of rotatable bonds is 8. The van der Waals surface area contributed by atoms with Crippen molar-refractivity contribution in [2.75, 3.05) is 26.4 Å². The van der Waals surface area contributed by atoms with Crippen LogP contribution in [0.15, 0.2) is 58.4 Å². The molecule has 1 aromatic heterocycles. The first-order chi connectivity index (χ1) is 14.3. The number of aliphatic hydroxyl groups is 2. The second-order valence-electron chi connectivity index (χ2n) is 8.18. The molecule has 1 atom stereocenters. The molecule has 0 bridgehead atoms. The average Bonchev–Trinajstić information content (AvgIpc) is 3.33. The topological polar surface area (TPSA) is 100 Å². The van der Waals surface area contributed by atoms with Crippen LogP contribution in [0, 0.1) is 0 Å². The molecule has 1 aromatic carbocycles. The molecule has 2 N–H and O–H groups in total. The van der Waals surface area contributed by atoms with Crippen molar-refractivity contribution in [2.24, 2.45) is 0 Å². The van der Waals surface area contributed by atoms with Crippen molar-refractivity contribution < 1.29 is 29.0 Å². The average molecular weight is 413 g/mol. The van der Waals surface area contributed by atoms with Crippen LogP contribution in [0.3, 0.4) is 0 Å².